The van der Waals surface area contributed by atoms with E-state index >= 15 is 0 Å². The van der Waals surface area contributed by atoms with Crippen molar-refractivity contribution in [3.05, 3.63) is 14.5 Å². The SMILES string of the molecule is CCOC(=O)c1nc(Br)sc1C(C)(F)F. The van der Waals surface area contributed by atoms with Gasteiger partial charge in [0.15, 0.2) is 9.61 Å². The van der Waals surface area contributed by atoms with Crippen LogP contribution in [0.1, 0.15) is 29.2 Å². The maximum Gasteiger partial charge on any atom is 0.358 e. The van der Waals surface area contributed by atoms with Crippen LogP contribution in [0.5, 0.6) is 0 Å². The lowest BCUT2D eigenvalue weighted by atomic mass is 10.2. The molecule has 0 spiro atoms. The van der Waals surface area contributed by atoms with Gasteiger partial charge in [0.2, 0.25) is 0 Å². The molecule has 84 valence electrons. The van der Waals surface area contributed by atoms with Crippen LogP contribution in [0.3, 0.4) is 0 Å². The maximum absolute atomic E-state index is 13.1. The highest BCUT2D eigenvalue weighted by Crippen LogP contribution is 2.36. The number of thiazole rings is 1. The maximum atomic E-state index is 13.1. The summed E-state index contributed by atoms with van der Waals surface area (Å²) in [6.45, 7) is 2.45. The van der Waals surface area contributed by atoms with Gasteiger partial charge in [0, 0.05) is 6.92 Å². The Balaban J connectivity index is 3.12. The first-order valence-corrected chi connectivity index (χ1v) is 5.69. The third kappa shape index (κ3) is 2.94. The summed E-state index contributed by atoms with van der Waals surface area (Å²) in [5.74, 6) is -3.91. The van der Waals surface area contributed by atoms with E-state index in [2.05, 4.69) is 25.7 Å². The molecule has 0 atom stereocenters. The Morgan fingerprint density at radius 3 is 2.73 bits per heavy atom. The predicted molar refractivity (Wildman–Crippen MR) is 55.3 cm³/mol. The lowest BCUT2D eigenvalue weighted by Gasteiger charge is -2.08. The Bertz CT molecular complexity index is 375. The number of alkyl halides is 2. The van der Waals surface area contributed by atoms with Crippen molar-refractivity contribution in [2.45, 2.75) is 19.8 Å². The van der Waals surface area contributed by atoms with E-state index in [0.29, 0.717) is 0 Å². The second-order valence-corrected chi connectivity index (χ2v) is 5.03. The molecule has 0 aliphatic heterocycles. The Labute approximate surface area is 97.6 Å². The van der Waals surface area contributed by atoms with Crippen LogP contribution in [0.25, 0.3) is 0 Å². The van der Waals surface area contributed by atoms with E-state index in [1.807, 2.05) is 0 Å². The van der Waals surface area contributed by atoms with E-state index in [4.69, 9.17) is 0 Å². The van der Waals surface area contributed by atoms with Crippen LogP contribution in [0.15, 0.2) is 3.92 Å². The molecule has 15 heavy (non-hydrogen) atoms. The van der Waals surface area contributed by atoms with Crippen molar-refractivity contribution in [1.82, 2.24) is 4.98 Å². The number of hydrogen-bond donors (Lipinski definition) is 0. The van der Waals surface area contributed by atoms with Crippen molar-refractivity contribution < 1.29 is 18.3 Å². The molecule has 0 saturated heterocycles. The minimum atomic E-state index is -3.09. The van der Waals surface area contributed by atoms with E-state index < -0.39 is 11.9 Å². The fourth-order valence-electron chi connectivity index (χ4n) is 0.929. The average molecular weight is 300 g/mol. The lowest BCUT2D eigenvalue weighted by molar-refractivity contribution is 0.0178. The number of hydrogen-bond acceptors (Lipinski definition) is 4. The fraction of sp³-hybridized carbons (Fsp3) is 0.500. The average Bonchev–Trinajstić information content (AvgIpc) is 2.47. The molecule has 0 aliphatic carbocycles. The van der Waals surface area contributed by atoms with Crippen molar-refractivity contribution in [3.63, 3.8) is 0 Å². The summed E-state index contributed by atoms with van der Waals surface area (Å²) in [6, 6.07) is 0. The van der Waals surface area contributed by atoms with Crippen molar-refractivity contribution in [3.8, 4) is 0 Å². The molecule has 1 heterocycles. The summed E-state index contributed by atoms with van der Waals surface area (Å²) in [5.41, 5.74) is -0.318. The summed E-state index contributed by atoms with van der Waals surface area (Å²) < 4.78 is 31.0. The van der Waals surface area contributed by atoms with Crippen molar-refractivity contribution in [1.29, 1.82) is 0 Å². The first kappa shape index (κ1) is 12.5. The molecule has 1 rings (SSSR count). The molecule has 0 N–H and O–H groups in total. The Morgan fingerprint density at radius 1 is 1.67 bits per heavy atom. The van der Waals surface area contributed by atoms with Crippen LogP contribution in [-0.4, -0.2) is 17.6 Å². The van der Waals surface area contributed by atoms with E-state index in [9.17, 15) is 13.6 Å². The highest BCUT2D eigenvalue weighted by molar-refractivity contribution is 9.11. The molecule has 0 bridgehead atoms. The zero-order valence-electron chi connectivity index (χ0n) is 8.01. The monoisotopic (exact) mass is 299 g/mol. The van der Waals surface area contributed by atoms with E-state index in [1.165, 1.54) is 0 Å². The number of halogens is 3. The highest BCUT2D eigenvalue weighted by atomic mass is 79.9. The number of rotatable bonds is 3. The van der Waals surface area contributed by atoms with Crippen LogP contribution < -0.4 is 0 Å². The van der Waals surface area contributed by atoms with Crippen LogP contribution >= 0.6 is 27.3 Å². The first-order valence-electron chi connectivity index (χ1n) is 4.08. The van der Waals surface area contributed by atoms with Crippen molar-refractivity contribution in [2.75, 3.05) is 6.61 Å². The molecule has 0 fully saturated rings. The Kier molecular flexibility index (Phi) is 3.77. The number of ether oxygens (including phenoxy) is 1. The van der Waals surface area contributed by atoms with Crippen LogP contribution in [0, 0.1) is 0 Å². The van der Waals surface area contributed by atoms with Crippen molar-refractivity contribution in [2.24, 2.45) is 0 Å². The smallest absolute Gasteiger partial charge is 0.358 e. The fourth-order valence-corrected chi connectivity index (χ4v) is 2.30. The molecule has 1 aromatic rings. The van der Waals surface area contributed by atoms with Gasteiger partial charge in [-0.2, -0.15) is 0 Å². The second-order valence-electron chi connectivity index (χ2n) is 2.75. The molecule has 0 radical (unpaired) electrons. The standard InChI is InChI=1S/C8H8BrF2NO2S/c1-3-14-6(13)4-5(8(2,10)11)15-7(9)12-4/h3H2,1-2H3. The largest absolute Gasteiger partial charge is 0.461 e. The summed E-state index contributed by atoms with van der Waals surface area (Å²) in [7, 11) is 0. The number of aromatic nitrogens is 1. The van der Waals surface area contributed by atoms with Gasteiger partial charge in [-0.25, -0.2) is 18.6 Å². The summed E-state index contributed by atoms with van der Waals surface area (Å²) in [4.78, 5) is 14.6. The number of esters is 1. The molecule has 3 nitrogen and oxygen atoms in total. The normalized spacial score (nSPS) is 11.5. The van der Waals surface area contributed by atoms with Gasteiger partial charge in [-0.3, -0.25) is 0 Å². The minimum absolute atomic E-state index is 0.128. The van der Waals surface area contributed by atoms with E-state index in [0.717, 1.165) is 18.3 Å². The van der Waals surface area contributed by atoms with Gasteiger partial charge in [0.25, 0.3) is 5.92 Å². The van der Waals surface area contributed by atoms with Gasteiger partial charge in [-0.05, 0) is 22.9 Å². The minimum Gasteiger partial charge on any atom is -0.461 e. The van der Waals surface area contributed by atoms with Gasteiger partial charge in [-0.1, -0.05) is 0 Å². The van der Waals surface area contributed by atoms with Crippen LogP contribution in [0.2, 0.25) is 0 Å². The molecular formula is C8H8BrF2NO2S. The summed E-state index contributed by atoms with van der Waals surface area (Å²) >= 11 is 3.69. The van der Waals surface area contributed by atoms with Gasteiger partial charge >= 0.3 is 5.97 Å². The first-order chi connectivity index (χ1) is 6.86. The highest BCUT2D eigenvalue weighted by Gasteiger charge is 2.34. The topological polar surface area (TPSA) is 39.2 Å². The number of nitrogens with zero attached hydrogens (tertiary/aromatic N) is 1. The molecular weight excluding hydrogens is 292 g/mol. The lowest BCUT2D eigenvalue weighted by Crippen LogP contribution is -2.14. The third-order valence-corrected chi connectivity index (χ3v) is 3.15. The van der Waals surface area contributed by atoms with Gasteiger partial charge < -0.3 is 4.74 Å². The summed E-state index contributed by atoms with van der Waals surface area (Å²) in [5, 5.41) is 0. The van der Waals surface area contributed by atoms with Crippen molar-refractivity contribution >= 4 is 33.2 Å². The zero-order chi connectivity index (χ0) is 11.6. The number of carbonyl (C=O) groups excluding carboxylic acids is 1. The van der Waals surface area contributed by atoms with Gasteiger partial charge in [-0.15, -0.1) is 11.3 Å². The van der Waals surface area contributed by atoms with Gasteiger partial charge in [0.1, 0.15) is 4.88 Å². The summed E-state index contributed by atoms with van der Waals surface area (Å²) in [6.07, 6.45) is 0. The van der Waals surface area contributed by atoms with Crippen LogP contribution in [0.4, 0.5) is 8.78 Å². The van der Waals surface area contributed by atoms with E-state index in [1.54, 1.807) is 6.92 Å². The molecule has 0 saturated carbocycles. The molecule has 0 aromatic carbocycles. The molecule has 1 aromatic heterocycles. The van der Waals surface area contributed by atoms with Crippen LogP contribution in [-0.2, 0) is 10.7 Å². The Hall–Kier alpha value is -0.560. The van der Waals surface area contributed by atoms with Gasteiger partial charge in [0.05, 0.1) is 6.61 Å². The van der Waals surface area contributed by atoms with E-state index in [-0.39, 0.29) is 21.1 Å². The molecule has 0 amide bonds. The Morgan fingerprint density at radius 2 is 2.27 bits per heavy atom. The molecule has 0 aliphatic rings. The zero-order valence-corrected chi connectivity index (χ0v) is 10.4. The third-order valence-electron chi connectivity index (χ3n) is 1.47. The predicted octanol–water partition coefficient (Wildman–Crippen LogP) is 3.19. The molecule has 0 unspecified atom stereocenters. The second kappa shape index (κ2) is 4.52. The number of carbonyl (C=O) groups is 1. The quantitative estimate of drug-likeness (QED) is 0.805. The molecule has 7 heteroatoms.